The molecular weight excluding hydrogens is 768 g/mol. The van der Waals surface area contributed by atoms with Gasteiger partial charge in [0.25, 0.3) is 11.8 Å². The maximum atomic E-state index is 6.03. The van der Waals surface area contributed by atoms with Gasteiger partial charge in [-0.05, 0) is 91.4 Å². The fraction of sp³-hybridized carbons (Fsp3) is 0.422. The van der Waals surface area contributed by atoms with Crippen LogP contribution in [-0.4, -0.2) is 86.6 Å². The minimum absolute atomic E-state index is 0.257. The van der Waals surface area contributed by atoms with E-state index in [2.05, 4.69) is 104 Å². The molecule has 2 atom stereocenters. The summed E-state index contributed by atoms with van der Waals surface area (Å²) >= 11 is 6.03. The number of benzene rings is 2. The third-order valence-corrected chi connectivity index (χ3v) is 10.3. The van der Waals surface area contributed by atoms with Gasteiger partial charge in [0.1, 0.15) is 28.6 Å². The van der Waals surface area contributed by atoms with Gasteiger partial charge in [0.15, 0.2) is 11.6 Å². The van der Waals surface area contributed by atoms with E-state index in [1.54, 1.807) is 43.8 Å². The lowest BCUT2D eigenvalue weighted by Gasteiger charge is -2.16. The van der Waals surface area contributed by atoms with E-state index in [1.807, 2.05) is 12.1 Å². The van der Waals surface area contributed by atoms with Gasteiger partial charge >= 0.3 is 0 Å². The molecule has 59 heavy (non-hydrogen) atoms. The van der Waals surface area contributed by atoms with Gasteiger partial charge < -0.3 is 23.3 Å². The lowest BCUT2D eigenvalue weighted by Crippen LogP contribution is -2.20. The molecule has 0 N–H and O–H groups in total. The number of nitrogens with zero attached hydrogens (tertiary/aromatic N) is 8. The van der Waals surface area contributed by atoms with Crippen LogP contribution in [0.5, 0.6) is 17.2 Å². The van der Waals surface area contributed by atoms with Crippen molar-refractivity contribution in [2.75, 3.05) is 46.5 Å². The van der Waals surface area contributed by atoms with E-state index in [0.29, 0.717) is 45.8 Å². The molecule has 2 unspecified atom stereocenters. The first-order chi connectivity index (χ1) is 28.7. The molecule has 2 fully saturated rings. The highest BCUT2D eigenvalue weighted by molar-refractivity contribution is 6.30. The summed E-state index contributed by atoms with van der Waals surface area (Å²) in [5, 5.41) is 9.00. The number of hydrogen-bond acceptors (Lipinski definition) is 13. The van der Waals surface area contributed by atoms with Gasteiger partial charge in [-0.3, -0.25) is 19.8 Å². The van der Waals surface area contributed by atoms with Crippen molar-refractivity contribution in [1.29, 1.82) is 0 Å². The first-order valence-corrected chi connectivity index (χ1v) is 20.7. The Morgan fingerprint density at radius 1 is 0.661 bits per heavy atom. The summed E-state index contributed by atoms with van der Waals surface area (Å²) in [7, 11) is 1.62. The molecule has 0 amide bonds. The highest BCUT2D eigenvalue weighted by Gasteiger charge is 2.29. The van der Waals surface area contributed by atoms with E-state index in [4.69, 9.17) is 34.9 Å². The fourth-order valence-corrected chi connectivity index (χ4v) is 7.23. The molecule has 6 aromatic rings. The maximum Gasteiger partial charge on any atom is 0.276 e. The molecule has 8 rings (SSSR count). The number of aromatic nitrogens is 6. The highest BCUT2D eigenvalue weighted by Crippen LogP contribution is 2.31. The normalized spacial score (nSPS) is 17.0. The largest absolute Gasteiger partial charge is 0.497 e. The standard InChI is InChI=1S/C23H28N4O3.C22H25ClN4O2/c1-16(2)15-29-20-6-4-5-17(11-20)13-27-10-8-18(14-27)22-25-23(30-26-22)21-12-19(28-3)7-9-24-21;1-15(2)14-28-19-5-3-4-16(10-19)12-27-9-7-17(13-27)21-25-22(29-26-21)20-11-18(23)6-8-24-20/h4-7,9,11-12,16,18H,8,10,13-15H2,1-3H3;3-6,8,10-11,15,17H,7,9,12-14H2,1-2H3. The number of rotatable bonds is 15. The summed E-state index contributed by atoms with van der Waals surface area (Å²) in [6.07, 6.45) is 5.33. The van der Waals surface area contributed by atoms with Gasteiger partial charge in [-0.1, -0.05) is 73.9 Å². The molecule has 0 bridgehead atoms. The fourth-order valence-electron chi connectivity index (χ4n) is 7.07. The number of pyridine rings is 2. The molecule has 0 saturated carbocycles. The van der Waals surface area contributed by atoms with Gasteiger partial charge in [0, 0.05) is 61.5 Å². The van der Waals surface area contributed by atoms with Crippen LogP contribution in [0.4, 0.5) is 0 Å². The zero-order valence-corrected chi connectivity index (χ0v) is 35.2. The molecule has 0 spiro atoms. The SMILES string of the molecule is CC(C)COc1cccc(CN2CCC(c3noc(-c4cc(Cl)ccn4)n3)C2)c1.COc1ccnc(-c2nc(C3CCN(Cc4cccc(OCC(C)C)c4)C3)no2)c1. The summed E-state index contributed by atoms with van der Waals surface area (Å²) in [4.78, 5) is 22.5. The van der Waals surface area contributed by atoms with Crippen LogP contribution in [0.2, 0.25) is 5.02 Å². The van der Waals surface area contributed by atoms with Crippen LogP contribution in [0.25, 0.3) is 23.2 Å². The second-order valence-electron chi connectivity index (χ2n) is 16.0. The van der Waals surface area contributed by atoms with Gasteiger partial charge in [-0.25, -0.2) is 0 Å². The lowest BCUT2D eigenvalue weighted by molar-refractivity contribution is 0.269. The second kappa shape index (κ2) is 20.1. The predicted molar refractivity (Wildman–Crippen MR) is 225 cm³/mol. The molecule has 2 aliphatic rings. The van der Waals surface area contributed by atoms with Gasteiger partial charge in [-0.2, -0.15) is 9.97 Å². The molecular formula is C45H53ClN8O5. The van der Waals surface area contributed by atoms with Crippen LogP contribution in [0.3, 0.4) is 0 Å². The minimum Gasteiger partial charge on any atom is -0.497 e. The van der Waals surface area contributed by atoms with E-state index >= 15 is 0 Å². The van der Waals surface area contributed by atoms with Crippen LogP contribution >= 0.6 is 11.6 Å². The quantitative estimate of drug-likeness (QED) is 0.0975. The Labute approximate surface area is 351 Å². The van der Waals surface area contributed by atoms with Crippen LogP contribution in [-0.2, 0) is 13.1 Å². The van der Waals surface area contributed by atoms with Crippen LogP contribution < -0.4 is 14.2 Å². The van der Waals surface area contributed by atoms with Crippen molar-refractivity contribution in [3.63, 3.8) is 0 Å². The molecule has 0 radical (unpaired) electrons. The molecule has 6 heterocycles. The minimum atomic E-state index is 0.257. The third kappa shape index (κ3) is 11.9. The zero-order valence-electron chi connectivity index (χ0n) is 34.5. The first-order valence-electron chi connectivity index (χ1n) is 20.3. The van der Waals surface area contributed by atoms with Crippen molar-refractivity contribution in [3.8, 4) is 40.4 Å². The first kappa shape index (κ1) is 41.8. The Morgan fingerprint density at radius 2 is 1.17 bits per heavy atom. The van der Waals surface area contributed by atoms with E-state index < -0.39 is 0 Å². The molecule has 2 aromatic carbocycles. The third-order valence-electron chi connectivity index (χ3n) is 10.1. The molecule has 0 aliphatic carbocycles. The summed E-state index contributed by atoms with van der Waals surface area (Å²) < 4.78 is 27.8. The number of ether oxygens (including phenoxy) is 3. The molecule has 310 valence electrons. The Balaban J connectivity index is 0.000000179. The topological polar surface area (TPSA) is 138 Å². The van der Waals surface area contributed by atoms with Gasteiger partial charge in [-0.15, -0.1) is 0 Å². The van der Waals surface area contributed by atoms with Gasteiger partial charge in [0.2, 0.25) is 0 Å². The van der Waals surface area contributed by atoms with E-state index in [9.17, 15) is 0 Å². The monoisotopic (exact) mass is 820 g/mol. The van der Waals surface area contributed by atoms with Crippen molar-refractivity contribution < 1.29 is 23.3 Å². The Kier molecular flexibility index (Phi) is 14.2. The smallest absolute Gasteiger partial charge is 0.276 e. The lowest BCUT2D eigenvalue weighted by atomic mass is 10.1. The highest BCUT2D eigenvalue weighted by atomic mass is 35.5. The molecule has 13 nitrogen and oxygen atoms in total. The van der Waals surface area contributed by atoms with Crippen molar-refractivity contribution in [2.45, 2.75) is 65.5 Å². The number of methoxy groups -OCH3 is 1. The Bertz CT molecular complexity index is 2250. The van der Waals surface area contributed by atoms with Gasteiger partial charge in [0.05, 0.1) is 20.3 Å². The van der Waals surface area contributed by atoms with Crippen molar-refractivity contribution >= 4 is 11.6 Å². The van der Waals surface area contributed by atoms with Crippen molar-refractivity contribution in [1.82, 2.24) is 40.0 Å². The van der Waals surface area contributed by atoms with Crippen molar-refractivity contribution in [2.24, 2.45) is 11.8 Å². The number of halogens is 1. The molecule has 2 saturated heterocycles. The summed E-state index contributed by atoms with van der Waals surface area (Å²) in [5.41, 5.74) is 3.74. The van der Waals surface area contributed by atoms with E-state index in [0.717, 1.165) is 88.5 Å². The number of likely N-dealkylation sites (tertiary alicyclic amines) is 2. The zero-order chi connectivity index (χ0) is 41.1. The average molecular weight is 821 g/mol. The summed E-state index contributed by atoms with van der Waals surface area (Å²) in [6, 6.07) is 23.8. The molecule has 2 aliphatic heterocycles. The van der Waals surface area contributed by atoms with Crippen LogP contribution in [0.15, 0.2) is 94.2 Å². The Morgan fingerprint density at radius 3 is 1.66 bits per heavy atom. The van der Waals surface area contributed by atoms with E-state index in [-0.39, 0.29) is 11.8 Å². The maximum absolute atomic E-state index is 6.03. The second-order valence-corrected chi connectivity index (χ2v) is 16.4. The molecule has 4 aromatic heterocycles. The average Bonchev–Trinajstić information content (AvgIpc) is 4.08. The number of hydrogen-bond donors (Lipinski definition) is 0. The summed E-state index contributed by atoms with van der Waals surface area (Å²) in [6.45, 7) is 15.7. The summed E-state index contributed by atoms with van der Waals surface area (Å²) in [5.74, 6) is 6.44. The van der Waals surface area contributed by atoms with Crippen LogP contribution in [0, 0.1) is 11.8 Å². The van der Waals surface area contributed by atoms with Crippen molar-refractivity contribution in [3.05, 3.63) is 113 Å². The predicted octanol–water partition coefficient (Wildman–Crippen LogP) is 8.97. The van der Waals surface area contributed by atoms with Crippen LogP contribution in [0.1, 0.15) is 75.1 Å². The Hall–Kier alpha value is -5.37. The van der Waals surface area contributed by atoms with E-state index in [1.165, 1.54) is 11.1 Å². The molecule has 14 heteroatoms.